The molecular weight excluding hydrogens is 296 g/mol. The topological polar surface area (TPSA) is 98.5 Å². The summed E-state index contributed by atoms with van der Waals surface area (Å²) < 4.78 is 28.2. The lowest BCUT2D eigenvalue weighted by Gasteiger charge is -2.22. The molecule has 0 radical (unpaired) electrons. The summed E-state index contributed by atoms with van der Waals surface area (Å²) in [5.74, 6) is 0.410. The third-order valence-electron chi connectivity index (χ3n) is 3.52. The number of nitrogens with one attached hydrogen (secondary N) is 1. The number of hydrogen-bond acceptors (Lipinski definition) is 6. The molecule has 1 N–H and O–H groups in total. The minimum absolute atomic E-state index is 0.0502. The molecule has 0 unspecified atom stereocenters. The molecule has 0 aromatic heterocycles. The van der Waals surface area contributed by atoms with E-state index in [2.05, 4.69) is 5.32 Å². The van der Waals surface area contributed by atoms with Gasteiger partial charge in [0.15, 0.2) is 9.84 Å². The van der Waals surface area contributed by atoms with E-state index in [4.69, 9.17) is 4.74 Å². The minimum Gasteiger partial charge on any atom is -0.381 e. The van der Waals surface area contributed by atoms with Crippen molar-refractivity contribution in [1.82, 2.24) is 0 Å². The Morgan fingerprint density at radius 2 is 2.05 bits per heavy atom. The van der Waals surface area contributed by atoms with Crippen LogP contribution in [0.25, 0.3) is 0 Å². The van der Waals surface area contributed by atoms with Gasteiger partial charge in [0.1, 0.15) is 5.69 Å². The predicted octanol–water partition coefficient (Wildman–Crippen LogP) is 1.84. The average Bonchev–Trinajstić information content (AvgIpc) is 2.45. The molecule has 0 saturated carbocycles. The molecule has 1 aliphatic heterocycles. The number of benzene rings is 1. The molecule has 0 atom stereocenters. The number of nitro groups is 1. The molecule has 2 rings (SSSR count). The van der Waals surface area contributed by atoms with E-state index in [0.717, 1.165) is 25.2 Å². The number of hydrogen-bond donors (Lipinski definition) is 1. The van der Waals surface area contributed by atoms with Gasteiger partial charge >= 0.3 is 0 Å². The lowest BCUT2D eigenvalue weighted by Crippen LogP contribution is -2.22. The first-order chi connectivity index (χ1) is 9.88. The fourth-order valence-corrected chi connectivity index (χ4v) is 2.89. The van der Waals surface area contributed by atoms with Gasteiger partial charge < -0.3 is 10.1 Å². The van der Waals surface area contributed by atoms with E-state index >= 15 is 0 Å². The average molecular weight is 314 g/mol. The molecular formula is C13H18N2O5S. The Kier molecular flexibility index (Phi) is 4.79. The fourth-order valence-electron chi connectivity index (χ4n) is 2.25. The predicted molar refractivity (Wildman–Crippen MR) is 78.2 cm³/mol. The van der Waals surface area contributed by atoms with Gasteiger partial charge in [0.25, 0.3) is 5.69 Å². The maximum Gasteiger partial charge on any atom is 0.293 e. The van der Waals surface area contributed by atoms with Crippen molar-refractivity contribution >= 4 is 21.2 Å². The molecule has 21 heavy (non-hydrogen) atoms. The number of anilines is 1. The van der Waals surface area contributed by atoms with Crippen LogP contribution < -0.4 is 5.32 Å². The van der Waals surface area contributed by atoms with Crippen molar-refractivity contribution in [2.75, 3.05) is 31.3 Å². The lowest BCUT2D eigenvalue weighted by atomic mass is 10.0. The Bertz CT molecular complexity index is 623. The second-order valence-electron chi connectivity index (χ2n) is 5.14. The van der Waals surface area contributed by atoms with E-state index in [1.165, 1.54) is 12.1 Å². The van der Waals surface area contributed by atoms with Crippen LogP contribution in [0.15, 0.2) is 23.1 Å². The van der Waals surface area contributed by atoms with Crippen LogP contribution in [0.2, 0.25) is 0 Å². The van der Waals surface area contributed by atoms with Crippen LogP contribution >= 0.6 is 0 Å². The Morgan fingerprint density at radius 1 is 1.38 bits per heavy atom. The molecule has 1 heterocycles. The Balaban J connectivity index is 2.16. The highest BCUT2D eigenvalue weighted by Crippen LogP contribution is 2.28. The molecule has 1 fully saturated rings. The van der Waals surface area contributed by atoms with Crippen molar-refractivity contribution in [3.63, 3.8) is 0 Å². The van der Waals surface area contributed by atoms with E-state index in [1.54, 1.807) is 0 Å². The minimum atomic E-state index is -3.46. The second-order valence-corrected chi connectivity index (χ2v) is 7.16. The molecule has 0 amide bonds. The zero-order valence-corrected chi connectivity index (χ0v) is 12.6. The van der Waals surface area contributed by atoms with Crippen molar-refractivity contribution < 1.29 is 18.1 Å². The highest BCUT2D eigenvalue weighted by molar-refractivity contribution is 7.90. The van der Waals surface area contributed by atoms with E-state index in [9.17, 15) is 18.5 Å². The molecule has 1 aromatic carbocycles. The Morgan fingerprint density at radius 3 is 2.62 bits per heavy atom. The van der Waals surface area contributed by atoms with Crippen LogP contribution in [-0.2, 0) is 14.6 Å². The van der Waals surface area contributed by atoms with Crippen LogP contribution in [-0.4, -0.2) is 39.4 Å². The van der Waals surface area contributed by atoms with E-state index in [1.807, 2.05) is 0 Å². The summed E-state index contributed by atoms with van der Waals surface area (Å²) >= 11 is 0. The highest BCUT2D eigenvalue weighted by Gasteiger charge is 2.20. The summed E-state index contributed by atoms with van der Waals surface area (Å²) in [6.07, 6.45) is 2.87. The van der Waals surface area contributed by atoms with Gasteiger partial charge in [-0.05, 0) is 30.9 Å². The van der Waals surface area contributed by atoms with Crippen LogP contribution in [0.3, 0.4) is 0 Å². The first-order valence-electron chi connectivity index (χ1n) is 6.68. The lowest BCUT2D eigenvalue weighted by molar-refractivity contribution is -0.384. The summed E-state index contributed by atoms with van der Waals surface area (Å²) in [4.78, 5) is 10.5. The normalized spacial score (nSPS) is 16.6. The van der Waals surface area contributed by atoms with E-state index < -0.39 is 14.8 Å². The third-order valence-corrected chi connectivity index (χ3v) is 4.63. The summed E-state index contributed by atoms with van der Waals surface area (Å²) in [5.41, 5.74) is 0.129. The smallest absolute Gasteiger partial charge is 0.293 e. The van der Waals surface area contributed by atoms with Crippen molar-refractivity contribution in [3.05, 3.63) is 28.3 Å². The number of sulfone groups is 1. The van der Waals surface area contributed by atoms with Gasteiger partial charge in [-0.15, -0.1) is 0 Å². The molecule has 1 saturated heterocycles. The van der Waals surface area contributed by atoms with Gasteiger partial charge in [-0.25, -0.2) is 8.42 Å². The third kappa shape index (κ3) is 4.15. The first-order valence-corrected chi connectivity index (χ1v) is 8.57. The standard InChI is InChI=1S/C13H18N2O5S/c1-21(18,19)11-2-3-12(13(8-11)15(16)17)14-9-10-4-6-20-7-5-10/h2-3,8,10,14H,4-7,9H2,1H3. The fraction of sp³-hybridized carbons (Fsp3) is 0.538. The Labute approximate surface area is 123 Å². The molecule has 0 bridgehead atoms. The molecule has 0 spiro atoms. The Hall–Kier alpha value is -1.67. The number of rotatable bonds is 5. The molecule has 1 aliphatic rings. The molecule has 116 valence electrons. The second kappa shape index (κ2) is 6.40. The molecule has 0 aliphatic carbocycles. The van der Waals surface area contributed by atoms with Crippen LogP contribution in [0.1, 0.15) is 12.8 Å². The van der Waals surface area contributed by atoms with E-state index in [-0.39, 0.29) is 10.6 Å². The van der Waals surface area contributed by atoms with E-state index in [0.29, 0.717) is 31.4 Å². The summed E-state index contributed by atoms with van der Waals surface area (Å²) in [6.45, 7) is 2.03. The number of nitrogens with zero attached hydrogens (tertiary/aromatic N) is 1. The van der Waals surface area contributed by atoms with Crippen molar-refractivity contribution in [2.45, 2.75) is 17.7 Å². The molecule has 7 nitrogen and oxygen atoms in total. The van der Waals surface area contributed by atoms with Crippen LogP contribution in [0.5, 0.6) is 0 Å². The first kappa shape index (κ1) is 15.7. The van der Waals surface area contributed by atoms with Gasteiger partial charge in [0.05, 0.1) is 9.82 Å². The van der Waals surface area contributed by atoms with Gasteiger partial charge in [-0.3, -0.25) is 10.1 Å². The van der Waals surface area contributed by atoms with Crippen LogP contribution in [0, 0.1) is 16.0 Å². The van der Waals surface area contributed by atoms with Gasteiger partial charge in [0.2, 0.25) is 0 Å². The quantitative estimate of drug-likeness (QED) is 0.657. The van der Waals surface area contributed by atoms with Gasteiger partial charge in [-0.2, -0.15) is 0 Å². The number of nitro benzene ring substituents is 1. The van der Waals surface area contributed by atoms with Gasteiger partial charge in [-0.1, -0.05) is 0 Å². The van der Waals surface area contributed by atoms with Crippen molar-refractivity contribution in [2.24, 2.45) is 5.92 Å². The maximum absolute atomic E-state index is 11.5. The number of ether oxygens (including phenoxy) is 1. The van der Waals surface area contributed by atoms with Crippen LogP contribution in [0.4, 0.5) is 11.4 Å². The zero-order valence-electron chi connectivity index (χ0n) is 11.7. The molecule has 8 heteroatoms. The summed E-state index contributed by atoms with van der Waals surface area (Å²) in [7, 11) is -3.46. The molecule has 1 aromatic rings. The largest absolute Gasteiger partial charge is 0.381 e. The van der Waals surface area contributed by atoms with Gasteiger partial charge in [0, 0.05) is 32.1 Å². The van der Waals surface area contributed by atoms with Crippen molar-refractivity contribution in [1.29, 1.82) is 0 Å². The maximum atomic E-state index is 11.5. The van der Waals surface area contributed by atoms with Crippen molar-refractivity contribution in [3.8, 4) is 0 Å². The monoisotopic (exact) mass is 314 g/mol. The SMILES string of the molecule is CS(=O)(=O)c1ccc(NCC2CCOCC2)c([N+](=O)[O-])c1. The summed E-state index contributed by atoms with van der Waals surface area (Å²) in [6, 6.07) is 3.93. The highest BCUT2D eigenvalue weighted by atomic mass is 32.2. The zero-order chi connectivity index (χ0) is 15.5. The summed E-state index contributed by atoms with van der Waals surface area (Å²) in [5, 5.41) is 14.2.